The van der Waals surface area contributed by atoms with Crippen molar-refractivity contribution in [2.75, 3.05) is 19.6 Å². The summed E-state index contributed by atoms with van der Waals surface area (Å²) in [6, 6.07) is 2.09. The van der Waals surface area contributed by atoms with E-state index < -0.39 is 0 Å². The van der Waals surface area contributed by atoms with E-state index in [0.717, 1.165) is 38.3 Å². The number of amides is 1. The summed E-state index contributed by atoms with van der Waals surface area (Å²) in [5, 5.41) is 2.11. The van der Waals surface area contributed by atoms with Gasteiger partial charge in [-0.15, -0.1) is 11.3 Å². The number of rotatable bonds is 3. The normalized spacial score (nSPS) is 23.5. The minimum absolute atomic E-state index is 0.0284. The first kappa shape index (κ1) is 15.9. The number of piperidine rings is 1. The molecule has 0 aliphatic carbocycles. The van der Waals surface area contributed by atoms with Crippen molar-refractivity contribution < 1.29 is 4.79 Å². The lowest BCUT2D eigenvalue weighted by Crippen LogP contribution is -2.47. The maximum Gasteiger partial charge on any atom is 0.274 e. The predicted molar refractivity (Wildman–Crippen MR) is 97.9 cm³/mol. The topological polar surface area (TPSA) is 66.6 Å². The van der Waals surface area contributed by atoms with Crippen molar-refractivity contribution in [1.29, 1.82) is 0 Å². The minimum atomic E-state index is 0.0284. The molecule has 26 heavy (non-hydrogen) atoms. The van der Waals surface area contributed by atoms with Crippen LogP contribution in [0.2, 0.25) is 0 Å². The van der Waals surface area contributed by atoms with E-state index in [0.29, 0.717) is 17.4 Å². The van der Waals surface area contributed by atoms with Gasteiger partial charge in [-0.25, -0.2) is 15.0 Å². The van der Waals surface area contributed by atoms with Gasteiger partial charge in [-0.1, -0.05) is 0 Å². The Kier molecular flexibility index (Phi) is 3.94. The van der Waals surface area contributed by atoms with Gasteiger partial charge in [0.2, 0.25) is 5.78 Å². The van der Waals surface area contributed by atoms with E-state index in [4.69, 9.17) is 0 Å². The molecule has 3 aromatic heterocycles. The smallest absolute Gasteiger partial charge is 0.274 e. The Labute approximate surface area is 155 Å². The highest BCUT2D eigenvalue weighted by molar-refractivity contribution is 7.07. The molecule has 3 aliphatic rings. The molecule has 1 amide bonds. The number of imidazole rings is 1. The molecule has 3 aliphatic heterocycles. The van der Waals surface area contributed by atoms with E-state index in [9.17, 15) is 4.79 Å². The number of hydrogen-bond donors (Lipinski definition) is 0. The lowest BCUT2D eigenvalue weighted by atomic mass is 9.95. The predicted octanol–water partition coefficient (Wildman–Crippen LogP) is 1.92. The van der Waals surface area contributed by atoms with E-state index in [-0.39, 0.29) is 11.9 Å². The summed E-state index contributed by atoms with van der Waals surface area (Å²) in [6.07, 6.45) is 7.61. The van der Waals surface area contributed by atoms with Gasteiger partial charge in [0, 0.05) is 56.2 Å². The third-order valence-electron chi connectivity index (χ3n) is 5.37. The third-order valence-corrected chi connectivity index (χ3v) is 6.01. The van der Waals surface area contributed by atoms with Crippen LogP contribution in [0.5, 0.6) is 0 Å². The first-order chi connectivity index (χ1) is 12.8. The Morgan fingerprint density at radius 1 is 1.23 bits per heavy atom. The lowest BCUT2D eigenvalue weighted by Gasteiger charge is -2.35. The monoisotopic (exact) mass is 368 g/mol. The Hall–Kier alpha value is -2.32. The minimum Gasteiger partial charge on any atom is -0.333 e. The van der Waals surface area contributed by atoms with Crippen LogP contribution in [0.15, 0.2) is 35.5 Å². The summed E-state index contributed by atoms with van der Waals surface area (Å²) in [4.78, 5) is 30.7. The number of aromatic nitrogens is 4. The van der Waals surface area contributed by atoms with Crippen LogP contribution in [0.3, 0.4) is 0 Å². The number of hydrogen-bond acceptors (Lipinski definition) is 6. The van der Waals surface area contributed by atoms with Crippen LogP contribution < -0.4 is 0 Å². The van der Waals surface area contributed by atoms with Crippen LogP contribution in [0.25, 0.3) is 5.78 Å². The summed E-state index contributed by atoms with van der Waals surface area (Å²) < 4.78 is 1.80. The Bertz CT molecular complexity index is 890. The zero-order valence-corrected chi connectivity index (χ0v) is 15.2. The van der Waals surface area contributed by atoms with Gasteiger partial charge in [0.25, 0.3) is 5.91 Å². The Balaban J connectivity index is 1.37. The number of carbonyl (C=O) groups is 1. The van der Waals surface area contributed by atoms with Crippen LogP contribution in [0.4, 0.5) is 0 Å². The molecule has 0 unspecified atom stereocenters. The van der Waals surface area contributed by atoms with Crippen molar-refractivity contribution in [3.05, 3.63) is 46.9 Å². The van der Waals surface area contributed by atoms with Gasteiger partial charge in [0.05, 0.1) is 11.2 Å². The summed E-state index contributed by atoms with van der Waals surface area (Å²) in [5.41, 5.74) is 3.50. The van der Waals surface area contributed by atoms with E-state index in [1.165, 1.54) is 6.42 Å². The molecule has 0 saturated carbocycles. The lowest BCUT2D eigenvalue weighted by molar-refractivity contribution is 0.0579. The summed E-state index contributed by atoms with van der Waals surface area (Å²) >= 11 is 1.64. The summed E-state index contributed by atoms with van der Waals surface area (Å²) in [5.74, 6) is 1.12. The largest absolute Gasteiger partial charge is 0.333 e. The molecule has 2 atom stereocenters. The van der Waals surface area contributed by atoms with Crippen LogP contribution in [0, 0.1) is 5.92 Å². The second kappa shape index (κ2) is 6.44. The van der Waals surface area contributed by atoms with Gasteiger partial charge in [-0.3, -0.25) is 14.1 Å². The maximum atomic E-state index is 13.1. The standard InChI is InChI=1S/C18H20N6OS/c25-17(16-10-23-5-1-4-19-18(23)21-16)24-7-13-2-3-15(24)9-22(6-13)8-14-11-26-12-20-14/h1,4-5,10-13,15H,2-3,6-9H2/t13-,15+/m0/s1. The molecule has 7 nitrogen and oxygen atoms in total. The number of thiazole rings is 1. The fraction of sp³-hybridized carbons (Fsp3) is 0.444. The van der Waals surface area contributed by atoms with Gasteiger partial charge in [-0.05, 0) is 24.8 Å². The molecule has 0 N–H and O–H groups in total. The molecule has 3 saturated heterocycles. The van der Waals surface area contributed by atoms with E-state index in [2.05, 4.69) is 25.2 Å². The maximum absolute atomic E-state index is 13.1. The van der Waals surface area contributed by atoms with E-state index in [1.54, 1.807) is 28.1 Å². The fourth-order valence-electron chi connectivity index (χ4n) is 4.18. The van der Waals surface area contributed by atoms with Gasteiger partial charge in [0.15, 0.2) is 0 Å². The Morgan fingerprint density at radius 3 is 3.04 bits per heavy atom. The molecule has 2 bridgehead atoms. The van der Waals surface area contributed by atoms with Crippen molar-refractivity contribution >= 4 is 23.0 Å². The molecule has 0 radical (unpaired) electrons. The number of nitrogens with zero attached hydrogens (tertiary/aromatic N) is 6. The molecule has 0 spiro atoms. The molecule has 134 valence electrons. The van der Waals surface area contributed by atoms with Crippen LogP contribution in [-0.2, 0) is 6.54 Å². The van der Waals surface area contributed by atoms with E-state index in [1.807, 2.05) is 22.7 Å². The average Bonchev–Trinajstić information content (AvgIpc) is 3.23. The number of carbonyl (C=O) groups excluding carboxylic acids is 1. The first-order valence-corrected chi connectivity index (χ1v) is 9.90. The van der Waals surface area contributed by atoms with Crippen molar-refractivity contribution in [3.8, 4) is 0 Å². The SMILES string of the molecule is O=C(c1cn2cccnc2n1)N1C[C@H]2CC[C@@H]1CN(Cc1cscn1)C2. The van der Waals surface area contributed by atoms with Crippen LogP contribution in [-0.4, -0.2) is 60.7 Å². The average molecular weight is 368 g/mol. The molecular weight excluding hydrogens is 348 g/mol. The van der Waals surface area contributed by atoms with Crippen LogP contribution in [0.1, 0.15) is 29.0 Å². The molecule has 3 aromatic rings. The first-order valence-electron chi connectivity index (χ1n) is 8.96. The van der Waals surface area contributed by atoms with Crippen molar-refractivity contribution in [1.82, 2.24) is 29.2 Å². The zero-order chi connectivity index (χ0) is 17.5. The second-order valence-electron chi connectivity index (χ2n) is 7.18. The molecule has 0 aromatic carbocycles. The van der Waals surface area contributed by atoms with Crippen molar-refractivity contribution in [2.45, 2.75) is 25.4 Å². The molecular formula is C18H20N6OS. The third kappa shape index (κ3) is 2.89. The fourth-order valence-corrected chi connectivity index (χ4v) is 4.73. The highest BCUT2D eigenvalue weighted by Crippen LogP contribution is 2.29. The van der Waals surface area contributed by atoms with Gasteiger partial charge in [-0.2, -0.15) is 0 Å². The second-order valence-corrected chi connectivity index (χ2v) is 7.90. The quantitative estimate of drug-likeness (QED) is 0.707. The van der Waals surface area contributed by atoms with Gasteiger partial charge < -0.3 is 4.90 Å². The molecule has 3 fully saturated rings. The number of fused-ring (bicyclic) bond motifs is 5. The summed E-state index contributed by atoms with van der Waals surface area (Å²) in [7, 11) is 0. The van der Waals surface area contributed by atoms with E-state index >= 15 is 0 Å². The zero-order valence-electron chi connectivity index (χ0n) is 14.4. The van der Waals surface area contributed by atoms with Gasteiger partial charge >= 0.3 is 0 Å². The van der Waals surface area contributed by atoms with Gasteiger partial charge in [0.1, 0.15) is 5.69 Å². The molecule has 8 heteroatoms. The molecule has 6 heterocycles. The van der Waals surface area contributed by atoms with Crippen molar-refractivity contribution in [2.24, 2.45) is 5.92 Å². The Morgan fingerprint density at radius 2 is 2.19 bits per heavy atom. The van der Waals surface area contributed by atoms with Crippen molar-refractivity contribution in [3.63, 3.8) is 0 Å². The molecule has 6 rings (SSSR count). The highest BCUT2D eigenvalue weighted by Gasteiger charge is 2.38. The summed E-state index contributed by atoms with van der Waals surface area (Å²) in [6.45, 7) is 3.63. The van der Waals surface area contributed by atoms with Crippen LogP contribution >= 0.6 is 11.3 Å². The highest BCUT2D eigenvalue weighted by atomic mass is 32.1.